The second-order valence-corrected chi connectivity index (χ2v) is 5.15. The maximum Gasteiger partial charge on any atom is 0.309 e. The van der Waals surface area contributed by atoms with Gasteiger partial charge in [0, 0.05) is 26.0 Å². The SMILES string of the molecule is Cc1c(C(=O)N(C)C)sc2nc(CC(=O)O)cn12. The van der Waals surface area contributed by atoms with E-state index in [1.165, 1.54) is 16.2 Å². The fourth-order valence-corrected chi connectivity index (χ4v) is 2.79. The van der Waals surface area contributed by atoms with Gasteiger partial charge in [0.15, 0.2) is 4.96 Å². The van der Waals surface area contributed by atoms with Crippen molar-refractivity contribution in [1.82, 2.24) is 14.3 Å². The Morgan fingerprint density at radius 2 is 2.17 bits per heavy atom. The van der Waals surface area contributed by atoms with Crippen LogP contribution < -0.4 is 0 Å². The van der Waals surface area contributed by atoms with E-state index < -0.39 is 5.97 Å². The highest BCUT2D eigenvalue weighted by Gasteiger charge is 2.19. The minimum absolute atomic E-state index is 0.0669. The third-order valence-electron chi connectivity index (χ3n) is 2.54. The molecule has 0 saturated carbocycles. The van der Waals surface area contributed by atoms with Gasteiger partial charge in [-0.05, 0) is 6.92 Å². The molecule has 0 bridgehead atoms. The summed E-state index contributed by atoms with van der Waals surface area (Å²) in [6.45, 7) is 1.83. The topological polar surface area (TPSA) is 74.9 Å². The zero-order valence-corrected chi connectivity index (χ0v) is 11.1. The molecule has 0 radical (unpaired) electrons. The summed E-state index contributed by atoms with van der Waals surface area (Å²) < 4.78 is 1.76. The van der Waals surface area contributed by atoms with Crippen LogP contribution in [0, 0.1) is 6.92 Å². The quantitative estimate of drug-likeness (QED) is 0.901. The van der Waals surface area contributed by atoms with Gasteiger partial charge in [-0.2, -0.15) is 0 Å². The molecule has 7 heteroatoms. The molecular formula is C11H13N3O3S. The molecule has 2 rings (SSSR count). The Morgan fingerprint density at radius 1 is 1.50 bits per heavy atom. The van der Waals surface area contributed by atoms with Gasteiger partial charge < -0.3 is 10.0 Å². The number of fused-ring (bicyclic) bond motifs is 1. The Balaban J connectivity index is 2.44. The minimum Gasteiger partial charge on any atom is -0.481 e. The van der Waals surface area contributed by atoms with Crippen LogP contribution in [0.15, 0.2) is 6.20 Å². The van der Waals surface area contributed by atoms with E-state index >= 15 is 0 Å². The number of hydrogen-bond donors (Lipinski definition) is 1. The smallest absolute Gasteiger partial charge is 0.309 e. The van der Waals surface area contributed by atoms with Crippen molar-refractivity contribution in [3.8, 4) is 0 Å². The predicted molar refractivity (Wildman–Crippen MR) is 67.2 cm³/mol. The van der Waals surface area contributed by atoms with Gasteiger partial charge in [-0.15, -0.1) is 0 Å². The molecule has 1 N–H and O–H groups in total. The van der Waals surface area contributed by atoms with Crippen LogP contribution in [-0.4, -0.2) is 45.4 Å². The Labute approximate surface area is 107 Å². The van der Waals surface area contributed by atoms with Crippen LogP contribution in [0.3, 0.4) is 0 Å². The first-order valence-electron chi connectivity index (χ1n) is 5.31. The number of thiazole rings is 1. The lowest BCUT2D eigenvalue weighted by Crippen LogP contribution is -2.21. The summed E-state index contributed by atoms with van der Waals surface area (Å²) >= 11 is 1.28. The number of carboxylic acids is 1. The van der Waals surface area contributed by atoms with Crippen molar-refractivity contribution in [2.24, 2.45) is 0 Å². The second kappa shape index (κ2) is 4.41. The Hall–Kier alpha value is -1.89. The summed E-state index contributed by atoms with van der Waals surface area (Å²) in [7, 11) is 3.39. The first-order chi connectivity index (χ1) is 8.40. The standard InChI is InChI=1S/C11H13N3O3S/c1-6-9(10(17)13(2)3)18-11-12-7(4-8(15)16)5-14(6)11/h5H,4H2,1-3H3,(H,15,16). The summed E-state index contributed by atoms with van der Waals surface area (Å²) in [6.07, 6.45) is 1.56. The molecule has 96 valence electrons. The molecule has 0 saturated heterocycles. The molecule has 1 amide bonds. The molecule has 0 aromatic carbocycles. The highest BCUT2D eigenvalue weighted by atomic mass is 32.1. The molecule has 0 aliphatic heterocycles. The van der Waals surface area contributed by atoms with Crippen molar-refractivity contribution in [2.45, 2.75) is 13.3 Å². The van der Waals surface area contributed by atoms with Crippen molar-refractivity contribution in [3.63, 3.8) is 0 Å². The summed E-state index contributed by atoms with van der Waals surface area (Å²) in [5.74, 6) is -0.981. The van der Waals surface area contributed by atoms with Gasteiger partial charge in [0.2, 0.25) is 0 Å². The van der Waals surface area contributed by atoms with Gasteiger partial charge in [0.1, 0.15) is 4.88 Å². The monoisotopic (exact) mass is 267 g/mol. The highest BCUT2D eigenvalue weighted by Crippen LogP contribution is 2.24. The Bertz CT molecular complexity index is 627. The summed E-state index contributed by atoms with van der Waals surface area (Å²) in [5, 5.41) is 8.71. The second-order valence-electron chi connectivity index (χ2n) is 4.17. The third kappa shape index (κ3) is 2.08. The van der Waals surface area contributed by atoms with E-state index in [2.05, 4.69) is 4.98 Å². The van der Waals surface area contributed by atoms with Crippen LogP contribution in [0.5, 0.6) is 0 Å². The number of carbonyl (C=O) groups is 2. The van der Waals surface area contributed by atoms with Gasteiger partial charge >= 0.3 is 5.97 Å². The van der Waals surface area contributed by atoms with Crippen LogP contribution >= 0.6 is 11.3 Å². The number of amides is 1. The van der Waals surface area contributed by atoms with Crippen molar-refractivity contribution in [3.05, 3.63) is 22.5 Å². The van der Waals surface area contributed by atoms with E-state index in [0.29, 0.717) is 15.5 Å². The molecule has 0 aliphatic carbocycles. The molecule has 2 heterocycles. The number of rotatable bonds is 3. The molecule has 6 nitrogen and oxygen atoms in total. The van der Waals surface area contributed by atoms with Crippen molar-refractivity contribution in [1.29, 1.82) is 0 Å². The number of imidazole rings is 1. The summed E-state index contributed by atoms with van der Waals surface area (Å²) in [5.41, 5.74) is 1.29. The molecule has 2 aromatic rings. The van der Waals surface area contributed by atoms with Crippen molar-refractivity contribution in [2.75, 3.05) is 14.1 Å². The van der Waals surface area contributed by atoms with Crippen LogP contribution in [0.25, 0.3) is 4.96 Å². The lowest BCUT2D eigenvalue weighted by Gasteiger charge is -2.08. The molecule has 0 unspecified atom stereocenters. The van der Waals surface area contributed by atoms with E-state index in [1.54, 1.807) is 24.7 Å². The van der Waals surface area contributed by atoms with Gasteiger partial charge in [-0.25, -0.2) is 4.98 Å². The lowest BCUT2D eigenvalue weighted by molar-refractivity contribution is -0.136. The van der Waals surface area contributed by atoms with Crippen LogP contribution in [0.4, 0.5) is 0 Å². The number of nitrogens with zero attached hydrogens (tertiary/aromatic N) is 3. The first-order valence-corrected chi connectivity index (χ1v) is 6.12. The zero-order chi connectivity index (χ0) is 13.4. The van der Waals surface area contributed by atoms with Crippen molar-refractivity contribution < 1.29 is 14.7 Å². The fraction of sp³-hybridized carbons (Fsp3) is 0.364. The Morgan fingerprint density at radius 3 is 2.67 bits per heavy atom. The third-order valence-corrected chi connectivity index (χ3v) is 3.68. The number of carboxylic acid groups (broad SMARTS) is 1. The van der Waals surface area contributed by atoms with E-state index in [4.69, 9.17) is 5.11 Å². The molecule has 0 atom stereocenters. The van der Waals surface area contributed by atoms with E-state index in [0.717, 1.165) is 5.69 Å². The first kappa shape index (κ1) is 12.6. The number of aromatic nitrogens is 2. The summed E-state index contributed by atoms with van der Waals surface area (Å²) in [6, 6.07) is 0. The van der Waals surface area contributed by atoms with E-state index in [1.807, 2.05) is 6.92 Å². The number of aryl methyl sites for hydroxylation is 1. The van der Waals surface area contributed by atoms with Crippen molar-refractivity contribution >= 4 is 28.2 Å². The van der Waals surface area contributed by atoms with Crippen LogP contribution in [0.2, 0.25) is 0 Å². The van der Waals surface area contributed by atoms with Gasteiger partial charge in [0.05, 0.1) is 12.1 Å². The van der Waals surface area contributed by atoms with Crippen LogP contribution in [-0.2, 0) is 11.2 Å². The minimum atomic E-state index is -0.914. The molecule has 0 aliphatic rings. The predicted octanol–water partition coefficient (Wildman–Crippen LogP) is 1.03. The van der Waals surface area contributed by atoms with Crippen LogP contribution in [0.1, 0.15) is 21.1 Å². The van der Waals surface area contributed by atoms with Gasteiger partial charge in [0.25, 0.3) is 5.91 Å². The number of carbonyl (C=O) groups excluding carboxylic acids is 1. The zero-order valence-electron chi connectivity index (χ0n) is 10.3. The molecular weight excluding hydrogens is 254 g/mol. The molecule has 0 fully saturated rings. The van der Waals surface area contributed by atoms with Gasteiger partial charge in [-0.3, -0.25) is 14.0 Å². The lowest BCUT2D eigenvalue weighted by atomic mass is 10.3. The normalized spacial score (nSPS) is 10.8. The maximum atomic E-state index is 11.9. The largest absolute Gasteiger partial charge is 0.481 e. The number of aliphatic carboxylic acids is 1. The fourth-order valence-electron chi connectivity index (χ4n) is 1.64. The maximum absolute atomic E-state index is 11.9. The van der Waals surface area contributed by atoms with E-state index in [9.17, 15) is 9.59 Å². The van der Waals surface area contributed by atoms with Gasteiger partial charge in [-0.1, -0.05) is 11.3 Å². The average Bonchev–Trinajstić information content (AvgIpc) is 2.76. The molecule has 0 spiro atoms. The molecule has 2 aromatic heterocycles. The molecule has 18 heavy (non-hydrogen) atoms. The summed E-state index contributed by atoms with van der Waals surface area (Å²) in [4.78, 5) is 29.5. The Kier molecular flexibility index (Phi) is 3.08. The average molecular weight is 267 g/mol. The number of hydrogen-bond acceptors (Lipinski definition) is 4. The highest BCUT2D eigenvalue weighted by molar-refractivity contribution is 7.19. The van der Waals surface area contributed by atoms with E-state index in [-0.39, 0.29) is 12.3 Å².